The standard InChI is InChI=1S/C17H23N5OS.HI/c1-13-12-24-16(22-13)11-21-17(18-2)20-9-8-19-15(23)10-14-6-4-3-5-7-14;/h3-7,12H,8-11H2,1-2H3,(H,19,23)(H2,18,20,21);1H. The maximum atomic E-state index is 11.8. The minimum Gasteiger partial charge on any atom is -0.355 e. The van der Waals surface area contributed by atoms with Crippen LogP contribution in [0.1, 0.15) is 16.3 Å². The number of thiazole rings is 1. The van der Waals surface area contributed by atoms with Crippen molar-refractivity contribution in [2.75, 3.05) is 20.1 Å². The molecule has 3 N–H and O–H groups in total. The second kappa shape index (κ2) is 11.8. The molecule has 1 aromatic carbocycles. The average Bonchev–Trinajstić information content (AvgIpc) is 3.00. The average molecular weight is 473 g/mol. The van der Waals surface area contributed by atoms with E-state index in [0.717, 1.165) is 16.3 Å². The fraction of sp³-hybridized carbons (Fsp3) is 0.353. The first-order valence-corrected chi connectivity index (χ1v) is 8.71. The van der Waals surface area contributed by atoms with Crippen LogP contribution in [0.4, 0.5) is 0 Å². The van der Waals surface area contributed by atoms with Crippen molar-refractivity contribution in [3.63, 3.8) is 0 Å². The molecule has 0 aliphatic carbocycles. The first-order chi connectivity index (χ1) is 11.7. The molecule has 0 aliphatic rings. The second-order valence-electron chi connectivity index (χ2n) is 5.25. The van der Waals surface area contributed by atoms with Gasteiger partial charge in [0.1, 0.15) is 5.01 Å². The Labute approximate surface area is 169 Å². The number of carbonyl (C=O) groups excluding carboxylic acids is 1. The molecular formula is C17H24IN5OS. The van der Waals surface area contributed by atoms with Gasteiger partial charge in [-0.2, -0.15) is 0 Å². The van der Waals surface area contributed by atoms with Crippen molar-refractivity contribution in [3.05, 3.63) is 52.0 Å². The van der Waals surface area contributed by atoms with E-state index in [1.165, 1.54) is 0 Å². The molecule has 0 aliphatic heterocycles. The summed E-state index contributed by atoms with van der Waals surface area (Å²) in [7, 11) is 1.72. The number of guanidine groups is 1. The lowest BCUT2D eigenvalue weighted by atomic mass is 10.1. The van der Waals surface area contributed by atoms with Crippen molar-refractivity contribution in [1.29, 1.82) is 0 Å². The molecule has 25 heavy (non-hydrogen) atoms. The summed E-state index contributed by atoms with van der Waals surface area (Å²) in [5.41, 5.74) is 2.04. The van der Waals surface area contributed by atoms with E-state index in [1.54, 1.807) is 18.4 Å². The van der Waals surface area contributed by atoms with Crippen LogP contribution in [0.25, 0.3) is 0 Å². The summed E-state index contributed by atoms with van der Waals surface area (Å²) < 4.78 is 0. The van der Waals surface area contributed by atoms with Gasteiger partial charge in [0.15, 0.2) is 5.96 Å². The van der Waals surface area contributed by atoms with Gasteiger partial charge in [-0.25, -0.2) is 4.98 Å². The third kappa shape index (κ3) is 8.30. The van der Waals surface area contributed by atoms with Crippen molar-refractivity contribution in [3.8, 4) is 0 Å². The summed E-state index contributed by atoms with van der Waals surface area (Å²) in [6, 6.07) is 9.71. The number of amides is 1. The molecular weight excluding hydrogens is 449 g/mol. The summed E-state index contributed by atoms with van der Waals surface area (Å²) in [5, 5.41) is 12.3. The van der Waals surface area contributed by atoms with Crippen LogP contribution in [0.15, 0.2) is 40.7 Å². The summed E-state index contributed by atoms with van der Waals surface area (Å²) in [5.74, 6) is 0.712. The highest BCUT2D eigenvalue weighted by atomic mass is 127. The second-order valence-corrected chi connectivity index (χ2v) is 6.19. The molecule has 1 heterocycles. The van der Waals surface area contributed by atoms with E-state index in [2.05, 4.69) is 25.9 Å². The van der Waals surface area contributed by atoms with E-state index in [1.807, 2.05) is 42.6 Å². The number of aromatic nitrogens is 1. The number of nitrogens with one attached hydrogen (secondary N) is 3. The highest BCUT2D eigenvalue weighted by Gasteiger charge is 2.03. The Bertz CT molecular complexity index is 675. The fourth-order valence-corrected chi connectivity index (χ4v) is 2.80. The van der Waals surface area contributed by atoms with Gasteiger partial charge in [-0.05, 0) is 12.5 Å². The summed E-state index contributed by atoms with van der Waals surface area (Å²) in [6.07, 6.45) is 0.400. The Morgan fingerprint density at radius 1 is 1.16 bits per heavy atom. The zero-order valence-corrected chi connectivity index (χ0v) is 17.6. The number of rotatable bonds is 7. The van der Waals surface area contributed by atoms with Crippen LogP contribution in [0.5, 0.6) is 0 Å². The van der Waals surface area contributed by atoms with Crippen LogP contribution in [-0.2, 0) is 17.8 Å². The quantitative estimate of drug-likeness (QED) is 0.249. The van der Waals surface area contributed by atoms with Crippen LogP contribution < -0.4 is 16.0 Å². The monoisotopic (exact) mass is 473 g/mol. The van der Waals surface area contributed by atoms with Crippen molar-refractivity contribution in [1.82, 2.24) is 20.9 Å². The molecule has 1 amide bonds. The Morgan fingerprint density at radius 2 is 1.88 bits per heavy atom. The number of carbonyl (C=O) groups is 1. The molecule has 0 radical (unpaired) electrons. The Hall–Kier alpha value is -1.68. The zero-order chi connectivity index (χ0) is 17.2. The Morgan fingerprint density at radius 3 is 2.52 bits per heavy atom. The minimum atomic E-state index is 0. The van der Waals surface area contributed by atoms with Crippen molar-refractivity contribution < 1.29 is 4.79 Å². The smallest absolute Gasteiger partial charge is 0.224 e. The van der Waals surface area contributed by atoms with E-state index < -0.39 is 0 Å². The predicted octanol–water partition coefficient (Wildman–Crippen LogP) is 2.09. The van der Waals surface area contributed by atoms with Crippen LogP contribution in [0.3, 0.4) is 0 Å². The minimum absolute atomic E-state index is 0. The maximum Gasteiger partial charge on any atom is 0.224 e. The number of aliphatic imine (C=N–C) groups is 1. The molecule has 0 saturated heterocycles. The van der Waals surface area contributed by atoms with Crippen LogP contribution in [-0.4, -0.2) is 37.0 Å². The number of hydrogen-bond acceptors (Lipinski definition) is 4. The predicted molar refractivity (Wildman–Crippen MR) is 114 cm³/mol. The van der Waals surface area contributed by atoms with E-state index in [-0.39, 0.29) is 29.9 Å². The molecule has 0 bridgehead atoms. The zero-order valence-electron chi connectivity index (χ0n) is 14.4. The molecule has 8 heteroatoms. The first kappa shape index (κ1) is 21.4. The van der Waals surface area contributed by atoms with Gasteiger partial charge in [0.05, 0.1) is 13.0 Å². The van der Waals surface area contributed by atoms with Gasteiger partial charge in [0.25, 0.3) is 0 Å². The van der Waals surface area contributed by atoms with E-state index in [0.29, 0.717) is 32.0 Å². The van der Waals surface area contributed by atoms with Gasteiger partial charge in [0, 0.05) is 31.2 Å². The Kier molecular flexibility index (Phi) is 10.1. The van der Waals surface area contributed by atoms with Gasteiger partial charge in [-0.3, -0.25) is 9.79 Å². The molecule has 2 rings (SSSR count). The molecule has 0 saturated carbocycles. The lowest BCUT2D eigenvalue weighted by molar-refractivity contribution is -0.120. The van der Waals surface area contributed by atoms with Crippen LogP contribution >= 0.6 is 35.3 Å². The first-order valence-electron chi connectivity index (χ1n) is 7.83. The van der Waals surface area contributed by atoms with Crippen LogP contribution in [0, 0.1) is 6.92 Å². The molecule has 0 atom stereocenters. The van der Waals surface area contributed by atoms with Gasteiger partial charge in [-0.1, -0.05) is 30.3 Å². The number of halogens is 1. The highest BCUT2D eigenvalue weighted by molar-refractivity contribution is 14.0. The molecule has 136 valence electrons. The van der Waals surface area contributed by atoms with E-state index in [9.17, 15) is 4.79 Å². The van der Waals surface area contributed by atoms with Gasteiger partial charge in [-0.15, -0.1) is 35.3 Å². The van der Waals surface area contributed by atoms with Gasteiger partial charge >= 0.3 is 0 Å². The highest BCUT2D eigenvalue weighted by Crippen LogP contribution is 2.07. The fourth-order valence-electron chi connectivity index (χ4n) is 2.09. The van der Waals surface area contributed by atoms with Gasteiger partial charge < -0.3 is 16.0 Å². The Balaban J connectivity index is 0.00000312. The van der Waals surface area contributed by atoms with Gasteiger partial charge in [0.2, 0.25) is 5.91 Å². The van der Waals surface area contributed by atoms with Crippen molar-refractivity contribution in [2.45, 2.75) is 19.9 Å². The van der Waals surface area contributed by atoms with Crippen LogP contribution in [0.2, 0.25) is 0 Å². The third-order valence-corrected chi connectivity index (χ3v) is 4.21. The van der Waals surface area contributed by atoms with Crippen molar-refractivity contribution in [2.24, 2.45) is 4.99 Å². The summed E-state index contributed by atoms with van der Waals surface area (Å²) in [4.78, 5) is 20.4. The largest absolute Gasteiger partial charge is 0.355 e. The maximum absolute atomic E-state index is 11.8. The summed E-state index contributed by atoms with van der Waals surface area (Å²) in [6.45, 7) is 3.77. The molecule has 2 aromatic rings. The lowest BCUT2D eigenvalue weighted by Gasteiger charge is -2.11. The normalized spacial score (nSPS) is 10.7. The molecule has 0 unspecified atom stereocenters. The SMILES string of the molecule is CN=C(NCCNC(=O)Cc1ccccc1)NCc1nc(C)cs1.I. The third-order valence-electron chi connectivity index (χ3n) is 3.24. The summed E-state index contributed by atoms with van der Waals surface area (Å²) >= 11 is 1.62. The number of hydrogen-bond donors (Lipinski definition) is 3. The molecule has 6 nitrogen and oxygen atoms in total. The molecule has 0 spiro atoms. The van der Waals surface area contributed by atoms with E-state index >= 15 is 0 Å². The number of aryl methyl sites for hydroxylation is 1. The molecule has 0 fully saturated rings. The topological polar surface area (TPSA) is 78.4 Å². The lowest BCUT2D eigenvalue weighted by Crippen LogP contribution is -2.41. The van der Waals surface area contributed by atoms with Crippen molar-refractivity contribution >= 4 is 47.2 Å². The number of benzene rings is 1. The van der Waals surface area contributed by atoms with E-state index in [4.69, 9.17) is 0 Å². The molecule has 1 aromatic heterocycles. The number of nitrogens with zero attached hydrogens (tertiary/aromatic N) is 2.